The van der Waals surface area contributed by atoms with Gasteiger partial charge in [0.2, 0.25) is 0 Å². The molecule has 3 nitrogen and oxygen atoms in total. The summed E-state index contributed by atoms with van der Waals surface area (Å²) in [6.45, 7) is 10.5. The topological polar surface area (TPSA) is 52.8 Å². The van der Waals surface area contributed by atoms with Crippen LogP contribution in [0.3, 0.4) is 0 Å². The van der Waals surface area contributed by atoms with Gasteiger partial charge in [-0.15, -0.1) is 6.42 Å². The van der Waals surface area contributed by atoms with Crippen molar-refractivity contribution >= 4 is 0 Å². The van der Waals surface area contributed by atoms with Crippen molar-refractivity contribution in [2.75, 3.05) is 0 Å². The number of aromatic nitrogens is 2. The Morgan fingerprint density at radius 2 is 1.94 bits per heavy atom. The quantitative estimate of drug-likeness (QED) is 0.415. The van der Waals surface area contributed by atoms with Crippen molar-refractivity contribution in [1.82, 2.24) is 15.9 Å². The average Bonchev–Trinajstić information content (AvgIpc) is 3.30. The van der Waals surface area contributed by atoms with Gasteiger partial charge in [-0.25, -0.2) is 0 Å². The maximum atomic E-state index is 5.52. The molecule has 0 bridgehead atoms. The van der Waals surface area contributed by atoms with Gasteiger partial charge in [-0.2, -0.15) is 5.10 Å². The van der Waals surface area contributed by atoms with Crippen molar-refractivity contribution in [3.8, 4) is 12.3 Å². The summed E-state index contributed by atoms with van der Waals surface area (Å²) in [5.41, 5.74) is 2.70. The van der Waals surface area contributed by atoms with E-state index >= 15 is 0 Å². The van der Waals surface area contributed by atoms with Crippen LogP contribution in [0.2, 0.25) is 0 Å². The Morgan fingerprint density at radius 3 is 2.68 bits per heavy atom. The molecule has 3 N–H and O–H groups in total. The van der Waals surface area contributed by atoms with E-state index in [-0.39, 0.29) is 13.6 Å². The Kier molecular flexibility index (Phi) is 7.11. The Bertz CT molecular complexity index is 816. The minimum atomic E-state index is 0. The molecule has 4 fully saturated rings. The van der Waals surface area contributed by atoms with E-state index in [1.54, 1.807) is 6.20 Å². The average molecular weight is 424 g/mol. The van der Waals surface area contributed by atoms with E-state index in [1.165, 1.54) is 63.4 Å². The molecule has 4 aliphatic carbocycles. The molecule has 31 heavy (non-hydrogen) atoms. The van der Waals surface area contributed by atoms with Gasteiger partial charge in [0.25, 0.3) is 0 Å². The highest BCUT2D eigenvalue weighted by molar-refractivity contribution is 5.26. The second-order valence-corrected chi connectivity index (χ2v) is 11.3. The summed E-state index contributed by atoms with van der Waals surface area (Å²) >= 11 is 0. The van der Waals surface area contributed by atoms with Crippen LogP contribution in [-0.4, -0.2) is 9.78 Å². The zero-order valence-corrected chi connectivity index (χ0v) is 19.2. The first-order valence-corrected chi connectivity index (χ1v) is 12.2. The monoisotopic (exact) mass is 423 g/mol. The number of rotatable bonds is 3. The molecule has 0 radical (unpaired) electrons. The molecular formula is C28H45N3. The van der Waals surface area contributed by atoms with Crippen molar-refractivity contribution in [1.29, 1.82) is 0 Å². The van der Waals surface area contributed by atoms with Gasteiger partial charge < -0.3 is 6.15 Å². The highest BCUT2D eigenvalue weighted by Gasteiger charge is 2.57. The summed E-state index contributed by atoms with van der Waals surface area (Å²) in [5.74, 6) is 9.32. The third-order valence-electron chi connectivity index (χ3n) is 9.87. The Morgan fingerprint density at radius 1 is 1.16 bits per heavy atom. The smallest absolute Gasteiger partial charge is 0.0646 e. The predicted molar refractivity (Wildman–Crippen MR) is 131 cm³/mol. The SMILES string of the molecule is C.C#Cc1cnn(CC(=C)C2CCC3C4CCC5CC(C)CCC5C4CCC23C)c1.N. The van der Waals surface area contributed by atoms with E-state index in [0.29, 0.717) is 11.3 Å². The predicted octanol–water partition coefficient (Wildman–Crippen LogP) is 7.12. The first kappa shape index (κ1) is 24.1. The minimum absolute atomic E-state index is 0. The Balaban J connectivity index is 0.00000136. The lowest BCUT2D eigenvalue weighted by Gasteiger charge is -2.56. The molecule has 4 saturated carbocycles. The van der Waals surface area contributed by atoms with Gasteiger partial charge in [0.1, 0.15) is 0 Å². The third-order valence-corrected chi connectivity index (χ3v) is 9.87. The van der Waals surface area contributed by atoms with Crippen LogP contribution in [-0.2, 0) is 6.54 Å². The van der Waals surface area contributed by atoms with Crippen molar-refractivity contribution in [3.63, 3.8) is 0 Å². The summed E-state index contributed by atoms with van der Waals surface area (Å²) < 4.78 is 1.99. The largest absolute Gasteiger partial charge is 0.344 e. The minimum Gasteiger partial charge on any atom is -0.344 e. The zero-order valence-electron chi connectivity index (χ0n) is 19.2. The Hall–Kier alpha value is -1.53. The fourth-order valence-electron chi connectivity index (χ4n) is 8.60. The van der Waals surface area contributed by atoms with E-state index in [0.717, 1.165) is 47.6 Å². The Labute approximate surface area is 191 Å². The molecule has 1 aromatic heterocycles. The van der Waals surface area contributed by atoms with Gasteiger partial charge in [-0.1, -0.05) is 45.8 Å². The van der Waals surface area contributed by atoms with Gasteiger partial charge in [0.15, 0.2) is 0 Å². The molecule has 8 unspecified atom stereocenters. The first-order valence-electron chi connectivity index (χ1n) is 12.2. The number of hydrogen-bond acceptors (Lipinski definition) is 2. The number of terminal acetylenes is 1. The lowest BCUT2D eigenvalue weighted by atomic mass is 9.49. The van der Waals surface area contributed by atoms with E-state index in [1.807, 2.05) is 10.9 Å². The van der Waals surface area contributed by atoms with Gasteiger partial charge in [0.05, 0.1) is 18.3 Å². The zero-order chi connectivity index (χ0) is 20.2. The number of nitrogens with zero attached hydrogens (tertiary/aromatic N) is 2. The van der Waals surface area contributed by atoms with Crippen LogP contribution in [0.1, 0.15) is 84.6 Å². The number of fused-ring (bicyclic) bond motifs is 5. The highest BCUT2D eigenvalue weighted by Crippen LogP contribution is 2.65. The van der Waals surface area contributed by atoms with Crippen molar-refractivity contribution < 1.29 is 0 Å². The molecule has 0 spiro atoms. The summed E-state index contributed by atoms with van der Waals surface area (Å²) in [7, 11) is 0. The van der Waals surface area contributed by atoms with Crippen LogP contribution in [0.15, 0.2) is 24.5 Å². The van der Waals surface area contributed by atoms with Gasteiger partial charge in [-0.05, 0) is 98.2 Å². The van der Waals surface area contributed by atoms with Crippen molar-refractivity contribution in [3.05, 3.63) is 30.1 Å². The lowest BCUT2D eigenvalue weighted by Crippen LogP contribution is -2.48. The standard InChI is InChI=1S/C27H38N2.CH4.H3N/c1-5-20-15-28-29(17-20)16-19(3)25-10-11-26-24-9-7-21-14-18(2)6-8-22(21)23(24)12-13-27(25,26)4;;/h1,15,17-18,21-26H,3,6-14,16H2,2,4H3;1H4;1H3. The molecule has 3 heteroatoms. The maximum absolute atomic E-state index is 5.52. The fourth-order valence-corrected chi connectivity index (χ4v) is 8.60. The van der Waals surface area contributed by atoms with Crippen LogP contribution in [0.5, 0.6) is 0 Å². The number of allylic oxidation sites excluding steroid dienone is 1. The van der Waals surface area contributed by atoms with Gasteiger partial charge in [-0.3, -0.25) is 4.68 Å². The van der Waals surface area contributed by atoms with E-state index in [2.05, 4.69) is 31.4 Å². The molecule has 0 aromatic carbocycles. The summed E-state index contributed by atoms with van der Waals surface area (Å²) in [6.07, 6.45) is 22.5. The van der Waals surface area contributed by atoms with Crippen molar-refractivity contribution in [2.45, 2.75) is 85.6 Å². The normalized spacial score (nSPS) is 40.9. The first-order chi connectivity index (χ1) is 14.0. The molecule has 8 atom stereocenters. The highest BCUT2D eigenvalue weighted by atomic mass is 15.3. The second kappa shape index (κ2) is 9.14. The van der Waals surface area contributed by atoms with Crippen LogP contribution >= 0.6 is 0 Å². The van der Waals surface area contributed by atoms with Crippen molar-refractivity contribution in [2.24, 2.45) is 46.8 Å². The van der Waals surface area contributed by atoms with E-state index < -0.39 is 0 Å². The molecule has 0 amide bonds. The van der Waals surface area contributed by atoms with E-state index in [9.17, 15) is 0 Å². The molecule has 5 rings (SSSR count). The lowest BCUT2D eigenvalue weighted by molar-refractivity contribution is -0.0636. The third kappa shape index (κ3) is 4.02. The summed E-state index contributed by atoms with van der Waals surface area (Å²) in [4.78, 5) is 0. The maximum Gasteiger partial charge on any atom is 0.0646 e. The fraction of sp³-hybridized carbons (Fsp3) is 0.750. The molecule has 1 heterocycles. The summed E-state index contributed by atoms with van der Waals surface area (Å²) in [5, 5.41) is 4.46. The second-order valence-electron chi connectivity index (χ2n) is 11.3. The molecule has 1 aromatic rings. The molecule has 4 aliphatic rings. The molecule has 0 saturated heterocycles. The molecule has 172 valence electrons. The van der Waals surface area contributed by atoms with Gasteiger partial charge >= 0.3 is 0 Å². The van der Waals surface area contributed by atoms with Crippen LogP contribution in [0.25, 0.3) is 0 Å². The van der Waals surface area contributed by atoms with Crippen LogP contribution in [0, 0.1) is 59.2 Å². The van der Waals surface area contributed by atoms with Gasteiger partial charge in [0, 0.05) is 6.20 Å². The van der Waals surface area contributed by atoms with Crippen LogP contribution in [0.4, 0.5) is 0 Å². The van der Waals surface area contributed by atoms with Crippen LogP contribution < -0.4 is 6.15 Å². The molecule has 0 aliphatic heterocycles. The number of hydrogen-bond donors (Lipinski definition) is 1. The van der Waals surface area contributed by atoms with E-state index in [4.69, 9.17) is 6.42 Å². The molecular weight excluding hydrogens is 378 g/mol. The summed E-state index contributed by atoms with van der Waals surface area (Å²) in [6, 6.07) is 0.